The van der Waals surface area contributed by atoms with Crippen LogP contribution in [0.5, 0.6) is 5.75 Å². The summed E-state index contributed by atoms with van der Waals surface area (Å²) in [6.07, 6.45) is -2.88. The number of carboxylic acid groups (broad SMARTS) is 1. The van der Waals surface area contributed by atoms with Crippen LogP contribution < -0.4 is 20.9 Å². The number of H-pyrrole nitrogens is 1. The Kier molecular flexibility index (Phi) is 7.78. The first-order chi connectivity index (χ1) is 15.7. The number of halogens is 2. The first-order valence-corrected chi connectivity index (χ1v) is 12.5. The number of ether oxygens (including phenoxy) is 1. The maximum atomic E-state index is 13.5. The fourth-order valence-corrected chi connectivity index (χ4v) is 5.59. The number of para-hydroxylation sites is 1. The summed E-state index contributed by atoms with van der Waals surface area (Å²) in [5.74, 6) is -1.18. The van der Waals surface area contributed by atoms with E-state index in [2.05, 4.69) is 26.0 Å². The second-order valence-corrected chi connectivity index (χ2v) is 12.0. The fourth-order valence-electron chi connectivity index (χ4n) is 2.98. The van der Waals surface area contributed by atoms with E-state index in [0.29, 0.717) is 0 Å². The lowest BCUT2D eigenvalue weighted by Crippen LogP contribution is -2.46. The molecular formula is C19H22BrClN3O9P. The van der Waals surface area contributed by atoms with E-state index in [4.69, 9.17) is 25.4 Å². The number of nitrogens with one attached hydrogen (secondary N) is 2. The molecule has 0 spiro atoms. The summed E-state index contributed by atoms with van der Waals surface area (Å²) >= 11 is 9.53. The van der Waals surface area contributed by atoms with Gasteiger partial charge >= 0.3 is 19.4 Å². The van der Waals surface area contributed by atoms with Crippen LogP contribution in [0, 0.1) is 0 Å². The number of nitrogens with zero attached hydrogens (tertiary/aromatic N) is 1. The number of carboxylic acids is 1. The van der Waals surface area contributed by atoms with Crippen molar-refractivity contribution in [2.75, 3.05) is 6.61 Å². The van der Waals surface area contributed by atoms with Crippen LogP contribution in [0.2, 0.25) is 0 Å². The lowest BCUT2D eigenvalue weighted by Gasteiger charge is -2.28. The minimum Gasteiger partial charge on any atom is -0.480 e. The van der Waals surface area contributed by atoms with E-state index in [0.717, 1.165) is 16.8 Å². The minimum atomic E-state index is -4.34. The topological polar surface area (TPSA) is 169 Å². The van der Waals surface area contributed by atoms with E-state index in [-0.39, 0.29) is 5.75 Å². The van der Waals surface area contributed by atoms with Gasteiger partial charge in [-0.3, -0.25) is 23.7 Å². The van der Waals surface area contributed by atoms with E-state index < -0.39 is 59.3 Å². The van der Waals surface area contributed by atoms with E-state index in [1.165, 1.54) is 26.0 Å². The van der Waals surface area contributed by atoms with Gasteiger partial charge in [0.05, 0.1) is 6.61 Å². The van der Waals surface area contributed by atoms with E-state index in [1.54, 1.807) is 18.2 Å². The Labute approximate surface area is 206 Å². The highest BCUT2D eigenvalue weighted by Gasteiger charge is 2.56. The highest BCUT2D eigenvalue weighted by atomic mass is 79.9. The van der Waals surface area contributed by atoms with Crippen LogP contribution >= 0.6 is 35.3 Å². The third kappa shape index (κ3) is 5.80. The van der Waals surface area contributed by atoms with Gasteiger partial charge in [-0.1, -0.05) is 45.7 Å². The highest BCUT2D eigenvalue weighted by Crippen LogP contribution is 2.50. The summed E-state index contributed by atoms with van der Waals surface area (Å²) in [5.41, 5.74) is -3.18. The van der Waals surface area contributed by atoms with Crippen molar-refractivity contribution in [3.05, 3.63) is 63.4 Å². The molecule has 2 aromatic rings. The van der Waals surface area contributed by atoms with Gasteiger partial charge in [-0.2, -0.15) is 5.09 Å². The van der Waals surface area contributed by atoms with Crippen molar-refractivity contribution in [1.82, 2.24) is 14.6 Å². The summed E-state index contributed by atoms with van der Waals surface area (Å²) in [6.45, 7) is 1.96. The summed E-state index contributed by atoms with van der Waals surface area (Å²) < 4.78 is 29.3. The Morgan fingerprint density at radius 2 is 2.00 bits per heavy atom. The Hall–Kier alpha value is -1.99. The Morgan fingerprint density at radius 1 is 1.35 bits per heavy atom. The molecule has 15 heteroatoms. The second-order valence-electron chi connectivity index (χ2n) is 7.90. The third-order valence-corrected chi connectivity index (χ3v) is 7.86. The van der Waals surface area contributed by atoms with E-state index in [9.17, 15) is 29.2 Å². The Morgan fingerprint density at radius 3 is 2.59 bits per heavy atom. The van der Waals surface area contributed by atoms with Gasteiger partial charge in [-0.05, 0) is 26.0 Å². The van der Waals surface area contributed by atoms with Crippen molar-refractivity contribution in [1.29, 1.82) is 0 Å². The zero-order valence-electron chi connectivity index (χ0n) is 17.9. The smallest absolute Gasteiger partial charge is 0.459 e. The maximum Gasteiger partial charge on any atom is 0.459 e. The molecule has 186 valence electrons. The van der Waals surface area contributed by atoms with Gasteiger partial charge < -0.3 is 19.5 Å². The molecule has 0 bridgehead atoms. The van der Waals surface area contributed by atoms with Crippen LogP contribution in [0.4, 0.5) is 0 Å². The SMILES string of the molecule is CC(C)(N[P@](=O)(OC[C@H]1O[C@@H](n2ccc(=O)[nH]c2=O)[C@](Cl)(Br)[C@@H]1O)Oc1ccccc1)C(=O)O. The Balaban J connectivity index is 1.83. The molecule has 4 N–H and O–H groups in total. The molecule has 0 aliphatic carbocycles. The van der Waals surface area contributed by atoms with Gasteiger partial charge in [0, 0.05) is 12.3 Å². The largest absolute Gasteiger partial charge is 0.480 e. The van der Waals surface area contributed by atoms with Gasteiger partial charge in [0.15, 0.2) is 10.0 Å². The van der Waals surface area contributed by atoms with E-state index in [1.807, 2.05) is 0 Å². The summed E-state index contributed by atoms with van der Waals surface area (Å²) in [7, 11) is -4.34. The molecule has 5 atom stereocenters. The van der Waals surface area contributed by atoms with Crippen LogP contribution in [-0.4, -0.2) is 53.9 Å². The number of hydrogen-bond donors (Lipinski definition) is 4. The average molecular weight is 583 g/mol. The van der Waals surface area contributed by atoms with Crippen LogP contribution in [0.15, 0.2) is 52.2 Å². The van der Waals surface area contributed by atoms with Crippen molar-refractivity contribution >= 4 is 41.2 Å². The van der Waals surface area contributed by atoms with Gasteiger partial charge in [0.1, 0.15) is 23.5 Å². The number of aromatic nitrogens is 2. The molecule has 0 unspecified atom stereocenters. The molecule has 1 fully saturated rings. The molecule has 1 aliphatic rings. The molecule has 0 amide bonds. The van der Waals surface area contributed by atoms with Gasteiger partial charge in [-0.15, -0.1) is 0 Å². The molecule has 1 saturated heterocycles. The molecule has 1 aliphatic heterocycles. The number of hydrogen-bond acceptors (Lipinski definition) is 8. The van der Waals surface area contributed by atoms with Crippen LogP contribution in [0.3, 0.4) is 0 Å². The predicted molar refractivity (Wildman–Crippen MR) is 124 cm³/mol. The van der Waals surface area contributed by atoms with Crippen LogP contribution in [0.25, 0.3) is 0 Å². The zero-order chi connectivity index (χ0) is 25.3. The predicted octanol–water partition coefficient (Wildman–Crippen LogP) is 1.78. The number of benzene rings is 1. The first kappa shape index (κ1) is 26.6. The molecule has 0 saturated carbocycles. The lowest BCUT2D eigenvalue weighted by atomic mass is 10.1. The van der Waals surface area contributed by atoms with Gasteiger partial charge in [-0.25, -0.2) is 9.36 Å². The van der Waals surface area contributed by atoms with Crippen molar-refractivity contribution in [3.63, 3.8) is 0 Å². The second kappa shape index (κ2) is 9.94. The zero-order valence-corrected chi connectivity index (χ0v) is 21.1. The maximum absolute atomic E-state index is 13.5. The Bertz CT molecular complexity index is 1200. The monoisotopic (exact) mass is 581 g/mol. The standard InChI is InChI=1S/C19H22BrClN3O9P/c1-18(2,16(27)28)23-34(30,33-11-6-4-3-5-7-11)31-10-12-14(26)19(20,21)15(32-12)24-9-8-13(25)22-17(24)29/h3-9,12,14-15,26H,10H2,1-2H3,(H,23,30)(H,27,28)(H,22,25,29)/t12-,14-,15-,19+,34+/m1/s1. The number of carbonyl (C=O) groups is 1. The van der Waals surface area contributed by atoms with Crippen molar-refractivity contribution in [2.45, 2.75) is 41.6 Å². The molecule has 2 heterocycles. The number of aliphatic hydroxyl groups excluding tert-OH is 1. The van der Waals surface area contributed by atoms with Gasteiger partial charge in [0.2, 0.25) is 0 Å². The van der Waals surface area contributed by atoms with Gasteiger partial charge in [0.25, 0.3) is 5.56 Å². The number of aliphatic hydroxyl groups is 1. The van der Waals surface area contributed by atoms with Crippen molar-refractivity contribution in [3.8, 4) is 5.75 Å². The van der Waals surface area contributed by atoms with Crippen molar-refractivity contribution in [2.24, 2.45) is 0 Å². The quantitative estimate of drug-likeness (QED) is 0.253. The summed E-state index contributed by atoms with van der Waals surface area (Å²) in [4.78, 5) is 37.1. The molecule has 1 aromatic heterocycles. The normalized spacial score (nSPS) is 26.7. The molecule has 3 rings (SSSR count). The fraction of sp³-hybridized carbons (Fsp3) is 0.421. The summed E-state index contributed by atoms with van der Waals surface area (Å²) in [6, 6.07) is 8.99. The van der Waals surface area contributed by atoms with E-state index >= 15 is 0 Å². The summed E-state index contributed by atoms with van der Waals surface area (Å²) in [5, 5.41) is 22.5. The number of aliphatic carboxylic acids is 1. The lowest BCUT2D eigenvalue weighted by molar-refractivity contribution is -0.142. The third-order valence-electron chi connectivity index (χ3n) is 4.81. The number of rotatable bonds is 9. The molecule has 0 radical (unpaired) electrons. The molecule has 34 heavy (non-hydrogen) atoms. The average Bonchev–Trinajstić information content (AvgIpc) is 2.96. The first-order valence-electron chi connectivity index (χ1n) is 9.80. The van der Waals surface area contributed by atoms with Crippen molar-refractivity contribution < 1.29 is 33.4 Å². The van der Waals surface area contributed by atoms with Crippen LogP contribution in [-0.2, 0) is 18.6 Å². The molecule has 1 aromatic carbocycles. The molecule has 12 nitrogen and oxygen atoms in total. The number of aromatic amines is 1. The van der Waals surface area contributed by atoms with Crippen LogP contribution in [0.1, 0.15) is 20.1 Å². The molecular weight excluding hydrogens is 561 g/mol. The minimum absolute atomic E-state index is 0.136. The number of alkyl halides is 2. The highest BCUT2D eigenvalue weighted by molar-refractivity contribution is 9.10.